The van der Waals surface area contributed by atoms with Gasteiger partial charge in [0.05, 0.1) is 22.0 Å². The van der Waals surface area contributed by atoms with Gasteiger partial charge in [-0.3, -0.25) is 4.99 Å². The van der Waals surface area contributed by atoms with Crippen molar-refractivity contribution in [2.75, 3.05) is 11.4 Å². The zero-order valence-corrected chi connectivity index (χ0v) is 26.0. The summed E-state index contributed by atoms with van der Waals surface area (Å²) in [6.45, 7) is 3.95. The van der Waals surface area contributed by atoms with Crippen molar-refractivity contribution in [1.82, 2.24) is 0 Å². The first-order valence-corrected chi connectivity index (χ1v) is 17.0. The SMILES string of the molecule is CCN(Cc1ccccc1)c1ccc(C(=C2C=CC(=NCc3ccccc3)C=C2)c2ccc(S(=O)(=O)[O-])cc2S(=O)(=O)[O-])cc1. The molecule has 0 saturated heterocycles. The van der Waals surface area contributed by atoms with Crippen LogP contribution in [0, 0.1) is 0 Å². The number of allylic oxidation sites excluding steroid dienone is 5. The summed E-state index contributed by atoms with van der Waals surface area (Å²) in [5, 5.41) is 0. The quantitative estimate of drug-likeness (QED) is 0.192. The van der Waals surface area contributed by atoms with Crippen LogP contribution in [0.4, 0.5) is 5.69 Å². The first kappa shape index (κ1) is 31.8. The monoisotopic (exact) mass is 638 g/mol. The molecule has 0 heterocycles. The highest BCUT2D eigenvalue weighted by atomic mass is 32.2. The Labute approximate surface area is 263 Å². The Morgan fingerprint density at radius 3 is 1.87 bits per heavy atom. The van der Waals surface area contributed by atoms with Crippen LogP contribution in [0.25, 0.3) is 5.57 Å². The molecule has 1 aliphatic rings. The molecule has 4 aromatic carbocycles. The van der Waals surface area contributed by atoms with Gasteiger partial charge in [-0.2, -0.15) is 0 Å². The molecule has 0 spiro atoms. The van der Waals surface area contributed by atoms with Crippen molar-refractivity contribution in [3.8, 4) is 0 Å². The van der Waals surface area contributed by atoms with Crippen molar-refractivity contribution in [1.29, 1.82) is 0 Å². The molecule has 4 aromatic rings. The lowest BCUT2D eigenvalue weighted by Gasteiger charge is -2.24. The molecule has 0 saturated carbocycles. The molecule has 1 aliphatic carbocycles. The van der Waals surface area contributed by atoms with Crippen molar-refractivity contribution in [3.63, 3.8) is 0 Å². The van der Waals surface area contributed by atoms with Gasteiger partial charge in [-0.05, 0) is 71.2 Å². The van der Waals surface area contributed by atoms with Gasteiger partial charge in [-0.15, -0.1) is 0 Å². The van der Waals surface area contributed by atoms with Crippen LogP contribution in [0.3, 0.4) is 0 Å². The Bertz CT molecular complexity index is 2000. The van der Waals surface area contributed by atoms with E-state index in [1.165, 1.54) is 6.07 Å². The molecule has 0 unspecified atom stereocenters. The van der Waals surface area contributed by atoms with Gasteiger partial charge in [-0.25, -0.2) is 16.8 Å². The summed E-state index contributed by atoms with van der Waals surface area (Å²) in [7, 11) is -10.2. The maximum absolute atomic E-state index is 12.4. The summed E-state index contributed by atoms with van der Waals surface area (Å²) in [6.07, 6.45) is 7.10. The van der Waals surface area contributed by atoms with E-state index in [9.17, 15) is 25.9 Å². The number of benzene rings is 4. The van der Waals surface area contributed by atoms with Crippen LogP contribution in [0.2, 0.25) is 0 Å². The third kappa shape index (κ3) is 7.92. The average Bonchev–Trinajstić information content (AvgIpc) is 3.04. The first-order valence-electron chi connectivity index (χ1n) is 14.2. The summed E-state index contributed by atoms with van der Waals surface area (Å²) >= 11 is 0. The summed E-state index contributed by atoms with van der Waals surface area (Å²) in [5.74, 6) is 0. The Morgan fingerprint density at radius 2 is 1.31 bits per heavy atom. The predicted molar refractivity (Wildman–Crippen MR) is 174 cm³/mol. The fourth-order valence-corrected chi connectivity index (χ4v) is 6.36. The standard InChI is InChI=1S/C35H32N2O6S2/c1-2-37(25-27-11-7-4-8-12-27)31-19-15-29(16-20-31)35(33-22-21-32(44(38,39)40)23-34(33)45(41,42)43)28-13-17-30(18-14-28)36-24-26-9-5-3-6-10-26/h3-23H,2,24-25H2,1H3,(H,38,39,40)(H,41,42,43)/p-2. The minimum absolute atomic E-state index is 0.0178. The molecule has 5 rings (SSSR count). The lowest BCUT2D eigenvalue weighted by atomic mass is 9.90. The lowest BCUT2D eigenvalue weighted by molar-refractivity contribution is 0.461. The third-order valence-corrected chi connectivity index (χ3v) is 9.05. The van der Waals surface area contributed by atoms with E-state index in [-0.39, 0.29) is 5.56 Å². The molecule has 8 nitrogen and oxygen atoms in total. The smallest absolute Gasteiger partial charge is 0.125 e. The second-order valence-electron chi connectivity index (χ2n) is 10.3. The summed E-state index contributed by atoms with van der Waals surface area (Å²) in [4.78, 5) is 5.22. The van der Waals surface area contributed by atoms with E-state index >= 15 is 0 Å². The molecule has 230 valence electrons. The highest BCUT2D eigenvalue weighted by Gasteiger charge is 2.20. The zero-order valence-electron chi connectivity index (χ0n) is 24.4. The highest BCUT2D eigenvalue weighted by molar-refractivity contribution is 7.86. The molecule has 0 aliphatic heterocycles. The van der Waals surface area contributed by atoms with E-state index in [0.717, 1.165) is 29.4 Å². The second-order valence-corrected chi connectivity index (χ2v) is 13.1. The molecular formula is C35H30N2O6S2-2. The molecule has 0 fully saturated rings. The van der Waals surface area contributed by atoms with Crippen molar-refractivity contribution < 1.29 is 25.9 Å². The van der Waals surface area contributed by atoms with Gasteiger partial charge in [0.25, 0.3) is 0 Å². The molecule has 0 N–H and O–H groups in total. The van der Waals surface area contributed by atoms with Crippen molar-refractivity contribution >= 4 is 37.2 Å². The summed E-state index contributed by atoms with van der Waals surface area (Å²) < 4.78 is 72.5. The van der Waals surface area contributed by atoms with Gasteiger partial charge in [0, 0.05) is 24.3 Å². The van der Waals surface area contributed by atoms with E-state index in [1.807, 2.05) is 72.8 Å². The maximum atomic E-state index is 12.4. The normalized spacial score (nSPS) is 13.1. The molecule has 10 heteroatoms. The minimum Gasteiger partial charge on any atom is -0.744 e. The molecule has 0 bridgehead atoms. The molecule has 0 atom stereocenters. The first-order chi connectivity index (χ1) is 21.5. The summed E-state index contributed by atoms with van der Waals surface area (Å²) in [6, 6.07) is 30.1. The second kappa shape index (κ2) is 13.6. The summed E-state index contributed by atoms with van der Waals surface area (Å²) in [5.41, 5.74) is 5.34. The van der Waals surface area contributed by atoms with Crippen LogP contribution in [0.5, 0.6) is 0 Å². The molecule has 0 amide bonds. The average molecular weight is 639 g/mol. The van der Waals surface area contributed by atoms with Crippen molar-refractivity contribution in [3.05, 3.63) is 155 Å². The van der Waals surface area contributed by atoms with Gasteiger partial charge < -0.3 is 14.0 Å². The third-order valence-electron chi connectivity index (χ3n) is 7.34. The van der Waals surface area contributed by atoms with E-state index < -0.39 is 30.0 Å². The van der Waals surface area contributed by atoms with Crippen LogP contribution in [0.1, 0.15) is 29.2 Å². The van der Waals surface area contributed by atoms with Crippen molar-refractivity contribution in [2.24, 2.45) is 4.99 Å². The Morgan fingerprint density at radius 1 is 0.711 bits per heavy atom. The minimum atomic E-state index is -5.19. The van der Waals surface area contributed by atoms with Crippen LogP contribution < -0.4 is 4.90 Å². The fourth-order valence-electron chi connectivity index (χ4n) is 5.08. The zero-order chi connectivity index (χ0) is 32.0. The van der Waals surface area contributed by atoms with Gasteiger partial charge >= 0.3 is 0 Å². The number of aliphatic imine (C=N–C) groups is 1. The predicted octanol–water partition coefficient (Wildman–Crippen LogP) is 6.09. The van der Waals surface area contributed by atoms with E-state index in [2.05, 4.69) is 28.9 Å². The molecular weight excluding hydrogens is 609 g/mol. The van der Waals surface area contributed by atoms with Crippen LogP contribution >= 0.6 is 0 Å². The molecule has 0 radical (unpaired) electrons. The molecule has 45 heavy (non-hydrogen) atoms. The lowest BCUT2D eigenvalue weighted by Crippen LogP contribution is -2.21. The number of hydrogen-bond acceptors (Lipinski definition) is 8. The molecule has 0 aromatic heterocycles. The van der Waals surface area contributed by atoms with E-state index in [1.54, 1.807) is 24.3 Å². The van der Waals surface area contributed by atoms with Crippen LogP contribution in [-0.4, -0.2) is 38.2 Å². The van der Waals surface area contributed by atoms with Gasteiger partial charge in [-0.1, -0.05) is 91.0 Å². The maximum Gasteiger partial charge on any atom is 0.125 e. The number of hydrogen-bond donors (Lipinski definition) is 0. The highest BCUT2D eigenvalue weighted by Crippen LogP contribution is 2.36. The Balaban J connectivity index is 1.59. The topological polar surface area (TPSA) is 130 Å². The number of anilines is 1. The van der Waals surface area contributed by atoms with Gasteiger partial charge in [0.2, 0.25) is 0 Å². The fraction of sp³-hybridized carbons (Fsp3) is 0.114. The Hall–Kier alpha value is -4.61. The largest absolute Gasteiger partial charge is 0.744 e. The van der Waals surface area contributed by atoms with Gasteiger partial charge in [0.1, 0.15) is 20.2 Å². The number of nitrogens with zero attached hydrogens (tertiary/aromatic N) is 2. The van der Waals surface area contributed by atoms with Gasteiger partial charge in [0.15, 0.2) is 0 Å². The van der Waals surface area contributed by atoms with Crippen LogP contribution in [0.15, 0.2) is 148 Å². The van der Waals surface area contributed by atoms with E-state index in [4.69, 9.17) is 0 Å². The van der Waals surface area contributed by atoms with E-state index in [0.29, 0.717) is 41.6 Å². The Kier molecular flexibility index (Phi) is 9.60. The van der Waals surface area contributed by atoms with Crippen molar-refractivity contribution in [2.45, 2.75) is 29.8 Å². The van der Waals surface area contributed by atoms with Crippen LogP contribution in [-0.2, 0) is 33.3 Å². The number of rotatable bonds is 10.